The molecule has 0 saturated carbocycles. The topological polar surface area (TPSA) is 55.6 Å². The van der Waals surface area contributed by atoms with Gasteiger partial charge in [-0.1, -0.05) is 12.1 Å². The zero-order valence-corrected chi connectivity index (χ0v) is 11.2. The zero-order chi connectivity index (χ0) is 13.7. The maximum Gasteiger partial charge on any atom is 0.246 e. The first kappa shape index (κ1) is 13.6. The van der Waals surface area contributed by atoms with E-state index in [1.54, 1.807) is 13.2 Å². The smallest absolute Gasteiger partial charge is 0.246 e. The number of likely N-dealkylation sites (tertiary alicyclic amines) is 1. The summed E-state index contributed by atoms with van der Waals surface area (Å²) in [5.41, 5.74) is 6.78. The minimum absolute atomic E-state index is 0.0507. The Morgan fingerprint density at radius 3 is 2.84 bits per heavy atom. The summed E-state index contributed by atoms with van der Waals surface area (Å²) in [5.74, 6) is 0.841. The molecule has 19 heavy (non-hydrogen) atoms. The molecule has 1 aliphatic rings. The predicted molar refractivity (Wildman–Crippen MR) is 75.8 cm³/mol. The quantitative estimate of drug-likeness (QED) is 0.841. The molecular formula is C15H20N2O2. The van der Waals surface area contributed by atoms with Crippen LogP contribution in [0.3, 0.4) is 0 Å². The number of nitrogens with two attached hydrogens (primary N) is 1. The van der Waals surface area contributed by atoms with Gasteiger partial charge < -0.3 is 15.4 Å². The van der Waals surface area contributed by atoms with Crippen LogP contribution in [0, 0.1) is 0 Å². The molecule has 102 valence electrons. The van der Waals surface area contributed by atoms with Crippen LogP contribution in [-0.2, 0) is 4.79 Å². The maximum absolute atomic E-state index is 12.0. The summed E-state index contributed by atoms with van der Waals surface area (Å²) in [6.45, 7) is 1.50. The summed E-state index contributed by atoms with van der Waals surface area (Å²) in [6.07, 6.45) is 5.21. The van der Waals surface area contributed by atoms with Crippen LogP contribution in [-0.4, -0.2) is 37.0 Å². The highest BCUT2D eigenvalue weighted by atomic mass is 16.5. The van der Waals surface area contributed by atoms with E-state index >= 15 is 0 Å². The molecule has 0 spiro atoms. The van der Waals surface area contributed by atoms with E-state index in [4.69, 9.17) is 10.5 Å². The Morgan fingerprint density at radius 1 is 1.42 bits per heavy atom. The van der Waals surface area contributed by atoms with Crippen LogP contribution in [0.4, 0.5) is 0 Å². The second-order valence-electron chi connectivity index (χ2n) is 4.77. The Bertz CT molecular complexity index is 463. The van der Waals surface area contributed by atoms with Gasteiger partial charge in [0, 0.05) is 25.2 Å². The lowest BCUT2D eigenvalue weighted by molar-refractivity contribution is -0.126. The molecule has 1 amide bonds. The van der Waals surface area contributed by atoms with Crippen molar-refractivity contribution in [3.63, 3.8) is 0 Å². The predicted octanol–water partition coefficient (Wildman–Crippen LogP) is 1.66. The minimum Gasteiger partial charge on any atom is -0.497 e. The van der Waals surface area contributed by atoms with Gasteiger partial charge in [0.15, 0.2) is 0 Å². The van der Waals surface area contributed by atoms with E-state index in [9.17, 15) is 4.79 Å². The highest BCUT2D eigenvalue weighted by molar-refractivity contribution is 5.91. The summed E-state index contributed by atoms with van der Waals surface area (Å²) >= 11 is 0. The van der Waals surface area contributed by atoms with Gasteiger partial charge in [-0.2, -0.15) is 0 Å². The SMILES string of the molecule is COc1cccc(/C=C/C(=O)N2CCC(N)CC2)c1. The van der Waals surface area contributed by atoms with Gasteiger partial charge in [0.25, 0.3) is 0 Å². The number of hydrogen-bond acceptors (Lipinski definition) is 3. The molecule has 1 heterocycles. The summed E-state index contributed by atoms with van der Waals surface area (Å²) in [4.78, 5) is 13.8. The Kier molecular flexibility index (Phi) is 4.58. The molecule has 2 N–H and O–H groups in total. The van der Waals surface area contributed by atoms with E-state index in [0.717, 1.165) is 37.2 Å². The van der Waals surface area contributed by atoms with Gasteiger partial charge in [-0.25, -0.2) is 0 Å². The fourth-order valence-electron chi connectivity index (χ4n) is 2.14. The summed E-state index contributed by atoms with van der Waals surface area (Å²) < 4.78 is 5.15. The van der Waals surface area contributed by atoms with Crippen molar-refractivity contribution in [3.05, 3.63) is 35.9 Å². The first-order valence-corrected chi connectivity index (χ1v) is 6.55. The van der Waals surface area contributed by atoms with E-state index < -0.39 is 0 Å². The van der Waals surface area contributed by atoms with Crippen molar-refractivity contribution in [2.75, 3.05) is 20.2 Å². The van der Waals surface area contributed by atoms with Crippen molar-refractivity contribution >= 4 is 12.0 Å². The number of nitrogens with zero attached hydrogens (tertiary/aromatic N) is 1. The van der Waals surface area contributed by atoms with E-state index in [2.05, 4.69) is 0 Å². The van der Waals surface area contributed by atoms with E-state index in [1.165, 1.54) is 0 Å². The number of carbonyl (C=O) groups is 1. The number of ether oxygens (including phenoxy) is 1. The van der Waals surface area contributed by atoms with Gasteiger partial charge in [-0.05, 0) is 36.6 Å². The second kappa shape index (κ2) is 6.38. The largest absolute Gasteiger partial charge is 0.497 e. The van der Waals surface area contributed by atoms with Crippen molar-refractivity contribution in [3.8, 4) is 5.75 Å². The standard InChI is InChI=1S/C15H20N2O2/c1-19-14-4-2-3-12(11-14)5-6-15(18)17-9-7-13(16)8-10-17/h2-6,11,13H,7-10,16H2,1H3/b6-5+. The third kappa shape index (κ3) is 3.83. The summed E-state index contributed by atoms with van der Waals surface area (Å²) in [6, 6.07) is 7.87. The minimum atomic E-state index is 0.0507. The summed E-state index contributed by atoms with van der Waals surface area (Å²) in [7, 11) is 1.63. The Hall–Kier alpha value is -1.81. The van der Waals surface area contributed by atoms with Crippen LogP contribution in [0.5, 0.6) is 5.75 Å². The lowest BCUT2D eigenvalue weighted by Crippen LogP contribution is -2.42. The second-order valence-corrected chi connectivity index (χ2v) is 4.77. The summed E-state index contributed by atoms with van der Waals surface area (Å²) in [5, 5.41) is 0. The maximum atomic E-state index is 12.0. The Labute approximate surface area is 113 Å². The molecule has 1 aromatic carbocycles. The highest BCUT2D eigenvalue weighted by Crippen LogP contribution is 2.14. The molecule has 1 saturated heterocycles. The van der Waals surface area contributed by atoms with Crippen molar-refractivity contribution in [2.24, 2.45) is 5.73 Å². The van der Waals surface area contributed by atoms with Crippen molar-refractivity contribution < 1.29 is 9.53 Å². The third-order valence-electron chi connectivity index (χ3n) is 3.36. The molecule has 0 unspecified atom stereocenters. The first-order chi connectivity index (χ1) is 9.19. The molecule has 0 radical (unpaired) electrons. The molecule has 0 bridgehead atoms. The van der Waals surface area contributed by atoms with Crippen LogP contribution in [0.25, 0.3) is 6.08 Å². The number of hydrogen-bond donors (Lipinski definition) is 1. The van der Waals surface area contributed by atoms with Gasteiger partial charge in [0.05, 0.1) is 7.11 Å². The molecule has 4 heteroatoms. The van der Waals surface area contributed by atoms with Crippen LogP contribution < -0.4 is 10.5 Å². The molecule has 1 aromatic rings. The van der Waals surface area contributed by atoms with Crippen molar-refractivity contribution in [1.82, 2.24) is 4.90 Å². The highest BCUT2D eigenvalue weighted by Gasteiger charge is 2.18. The molecular weight excluding hydrogens is 240 g/mol. The fourth-order valence-corrected chi connectivity index (χ4v) is 2.14. The van der Waals surface area contributed by atoms with Gasteiger partial charge in [-0.15, -0.1) is 0 Å². The monoisotopic (exact) mass is 260 g/mol. The molecule has 0 aliphatic carbocycles. The Balaban J connectivity index is 1.95. The van der Waals surface area contributed by atoms with Crippen LogP contribution in [0.2, 0.25) is 0 Å². The Morgan fingerprint density at radius 2 is 2.16 bits per heavy atom. The number of carbonyl (C=O) groups excluding carboxylic acids is 1. The lowest BCUT2D eigenvalue weighted by Gasteiger charge is -2.29. The number of benzene rings is 1. The average Bonchev–Trinajstić information content (AvgIpc) is 2.46. The molecule has 1 aliphatic heterocycles. The van der Waals surface area contributed by atoms with Crippen LogP contribution >= 0.6 is 0 Å². The van der Waals surface area contributed by atoms with Gasteiger partial charge in [0.1, 0.15) is 5.75 Å². The first-order valence-electron chi connectivity index (χ1n) is 6.55. The van der Waals surface area contributed by atoms with E-state index in [1.807, 2.05) is 35.2 Å². The molecule has 1 fully saturated rings. The zero-order valence-electron chi connectivity index (χ0n) is 11.2. The fraction of sp³-hybridized carbons (Fsp3) is 0.400. The number of piperidine rings is 1. The van der Waals surface area contributed by atoms with Crippen molar-refractivity contribution in [1.29, 1.82) is 0 Å². The molecule has 0 atom stereocenters. The van der Waals surface area contributed by atoms with E-state index in [-0.39, 0.29) is 11.9 Å². The van der Waals surface area contributed by atoms with Gasteiger partial charge in [-0.3, -0.25) is 4.79 Å². The van der Waals surface area contributed by atoms with Gasteiger partial charge in [0.2, 0.25) is 5.91 Å². The average molecular weight is 260 g/mol. The molecule has 4 nitrogen and oxygen atoms in total. The van der Waals surface area contributed by atoms with Crippen LogP contribution in [0.15, 0.2) is 30.3 Å². The van der Waals surface area contributed by atoms with E-state index in [0.29, 0.717) is 0 Å². The third-order valence-corrected chi connectivity index (χ3v) is 3.36. The van der Waals surface area contributed by atoms with Crippen LogP contribution in [0.1, 0.15) is 18.4 Å². The molecule has 0 aromatic heterocycles. The normalized spacial score (nSPS) is 16.8. The number of amides is 1. The lowest BCUT2D eigenvalue weighted by atomic mass is 10.1. The number of methoxy groups -OCH3 is 1. The number of rotatable bonds is 3. The van der Waals surface area contributed by atoms with Gasteiger partial charge >= 0.3 is 0 Å². The van der Waals surface area contributed by atoms with Crippen molar-refractivity contribution in [2.45, 2.75) is 18.9 Å². The molecule has 2 rings (SSSR count).